The van der Waals surface area contributed by atoms with Crippen LogP contribution in [-0.4, -0.2) is 37.7 Å². The van der Waals surface area contributed by atoms with Crippen LogP contribution in [0.25, 0.3) is 0 Å². The van der Waals surface area contributed by atoms with E-state index in [2.05, 4.69) is 14.9 Å². The van der Waals surface area contributed by atoms with Crippen molar-refractivity contribution in [2.75, 3.05) is 13.1 Å². The fraction of sp³-hybridized carbons (Fsp3) is 0.632. The molecule has 3 heterocycles. The molecule has 0 radical (unpaired) electrons. The summed E-state index contributed by atoms with van der Waals surface area (Å²) in [4.78, 5) is 10.8. The first kappa shape index (κ1) is 16.5. The summed E-state index contributed by atoms with van der Waals surface area (Å²) in [5, 5.41) is 4.71. The molecule has 134 valence electrons. The van der Waals surface area contributed by atoms with Gasteiger partial charge in [-0.3, -0.25) is 14.6 Å². The highest BCUT2D eigenvalue weighted by Gasteiger charge is 2.26. The van der Waals surface area contributed by atoms with Crippen molar-refractivity contribution < 1.29 is 4.74 Å². The van der Waals surface area contributed by atoms with Crippen molar-refractivity contribution in [3.8, 4) is 5.88 Å². The van der Waals surface area contributed by atoms with Crippen molar-refractivity contribution in [2.24, 2.45) is 13.0 Å². The maximum atomic E-state index is 5.79. The first-order chi connectivity index (χ1) is 12.3. The molecule has 0 amide bonds. The minimum Gasteiger partial charge on any atom is -0.470 e. The number of rotatable bonds is 5. The zero-order chi connectivity index (χ0) is 17.1. The molecule has 0 spiro atoms. The Hall–Kier alpha value is -1.95. The van der Waals surface area contributed by atoms with Gasteiger partial charge < -0.3 is 4.74 Å². The van der Waals surface area contributed by atoms with E-state index in [4.69, 9.17) is 9.84 Å². The number of nitrogens with zero attached hydrogens (tertiary/aromatic N) is 5. The van der Waals surface area contributed by atoms with Crippen molar-refractivity contribution in [2.45, 2.75) is 51.7 Å². The van der Waals surface area contributed by atoms with E-state index in [0.717, 1.165) is 31.1 Å². The van der Waals surface area contributed by atoms with Gasteiger partial charge in [-0.25, -0.2) is 4.98 Å². The van der Waals surface area contributed by atoms with Gasteiger partial charge in [-0.1, -0.05) is 19.3 Å². The third-order valence-electron chi connectivity index (χ3n) is 5.54. The molecule has 0 atom stereocenters. The lowest BCUT2D eigenvalue weighted by Crippen LogP contribution is -2.35. The Kier molecular flexibility index (Phi) is 4.97. The van der Waals surface area contributed by atoms with E-state index in [1.807, 2.05) is 11.7 Å². The Labute approximate surface area is 149 Å². The summed E-state index contributed by atoms with van der Waals surface area (Å²) in [6.45, 7) is 3.84. The number of ether oxygens (including phenoxy) is 1. The molecule has 1 fully saturated rings. The highest BCUT2D eigenvalue weighted by molar-refractivity contribution is 5.28. The summed E-state index contributed by atoms with van der Waals surface area (Å²) in [7, 11) is 2.04. The first-order valence-electron chi connectivity index (χ1n) is 9.44. The molecule has 25 heavy (non-hydrogen) atoms. The average Bonchev–Trinajstić information content (AvgIpc) is 2.97. The molecule has 6 nitrogen and oxygen atoms in total. The summed E-state index contributed by atoms with van der Waals surface area (Å²) < 4.78 is 7.82. The molecule has 0 bridgehead atoms. The molecule has 2 aromatic rings. The topological polar surface area (TPSA) is 56.1 Å². The van der Waals surface area contributed by atoms with E-state index < -0.39 is 0 Å². The normalized spacial score (nSPS) is 18.9. The number of aromatic nitrogens is 4. The van der Waals surface area contributed by atoms with Crippen LogP contribution in [0.5, 0.6) is 5.88 Å². The third kappa shape index (κ3) is 3.84. The fourth-order valence-electron chi connectivity index (χ4n) is 4.23. The lowest BCUT2D eigenvalue weighted by molar-refractivity contribution is 0.184. The SMILES string of the molecule is Cn1nc(COc2cnccn2)c2c1CCN(CC1CCCCC1)C2. The fourth-order valence-corrected chi connectivity index (χ4v) is 4.23. The highest BCUT2D eigenvalue weighted by atomic mass is 16.5. The molecule has 0 aromatic carbocycles. The van der Waals surface area contributed by atoms with Crippen LogP contribution in [0.2, 0.25) is 0 Å². The Bertz CT molecular complexity index is 693. The quantitative estimate of drug-likeness (QED) is 0.837. The number of hydrogen-bond acceptors (Lipinski definition) is 5. The van der Waals surface area contributed by atoms with Crippen LogP contribution in [-0.2, 0) is 26.6 Å². The average molecular weight is 341 g/mol. The molecule has 4 rings (SSSR count). The summed E-state index contributed by atoms with van der Waals surface area (Å²) in [6, 6.07) is 0. The van der Waals surface area contributed by atoms with Crippen LogP contribution in [0.3, 0.4) is 0 Å². The molecule has 1 aliphatic carbocycles. The van der Waals surface area contributed by atoms with Crippen molar-refractivity contribution in [1.29, 1.82) is 0 Å². The van der Waals surface area contributed by atoms with Crippen LogP contribution < -0.4 is 4.74 Å². The van der Waals surface area contributed by atoms with Gasteiger partial charge in [0.15, 0.2) is 0 Å². The lowest BCUT2D eigenvalue weighted by Gasteiger charge is -2.32. The number of aryl methyl sites for hydroxylation is 1. The van der Waals surface area contributed by atoms with Gasteiger partial charge in [-0.05, 0) is 18.8 Å². The van der Waals surface area contributed by atoms with Gasteiger partial charge >= 0.3 is 0 Å². The molecular weight excluding hydrogens is 314 g/mol. The van der Waals surface area contributed by atoms with E-state index in [1.54, 1.807) is 18.6 Å². The highest BCUT2D eigenvalue weighted by Crippen LogP contribution is 2.28. The largest absolute Gasteiger partial charge is 0.470 e. The van der Waals surface area contributed by atoms with Crippen LogP contribution >= 0.6 is 0 Å². The van der Waals surface area contributed by atoms with Gasteiger partial charge in [0.05, 0.1) is 6.20 Å². The van der Waals surface area contributed by atoms with Crippen LogP contribution in [0, 0.1) is 5.92 Å². The Balaban J connectivity index is 1.43. The lowest BCUT2D eigenvalue weighted by atomic mass is 9.88. The van der Waals surface area contributed by atoms with E-state index in [0.29, 0.717) is 12.5 Å². The van der Waals surface area contributed by atoms with Crippen molar-refractivity contribution >= 4 is 0 Å². The van der Waals surface area contributed by atoms with Gasteiger partial charge in [-0.15, -0.1) is 0 Å². The summed E-state index contributed by atoms with van der Waals surface area (Å²) >= 11 is 0. The van der Waals surface area contributed by atoms with Crippen molar-refractivity contribution in [1.82, 2.24) is 24.6 Å². The molecule has 0 unspecified atom stereocenters. The van der Waals surface area contributed by atoms with Gasteiger partial charge in [0.2, 0.25) is 5.88 Å². The second-order valence-corrected chi connectivity index (χ2v) is 7.32. The minimum atomic E-state index is 0.457. The number of hydrogen-bond donors (Lipinski definition) is 0. The zero-order valence-corrected chi connectivity index (χ0v) is 15.0. The summed E-state index contributed by atoms with van der Waals surface area (Å²) in [6.07, 6.45) is 13.1. The molecule has 0 saturated heterocycles. The van der Waals surface area contributed by atoms with Crippen LogP contribution in [0.1, 0.15) is 49.1 Å². The molecule has 1 aliphatic heterocycles. The maximum Gasteiger partial charge on any atom is 0.232 e. The monoisotopic (exact) mass is 341 g/mol. The van der Waals surface area contributed by atoms with Gasteiger partial charge in [-0.2, -0.15) is 5.10 Å². The zero-order valence-electron chi connectivity index (χ0n) is 15.0. The molecular formula is C19H27N5O. The van der Waals surface area contributed by atoms with Crippen LogP contribution in [0.4, 0.5) is 0 Å². The van der Waals surface area contributed by atoms with Crippen molar-refractivity contribution in [3.63, 3.8) is 0 Å². The predicted octanol–water partition coefficient (Wildman–Crippen LogP) is 2.73. The van der Waals surface area contributed by atoms with E-state index >= 15 is 0 Å². The minimum absolute atomic E-state index is 0.457. The van der Waals surface area contributed by atoms with E-state index in [-0.39, 0.29) is 0 Å². The molecule has 6 heteroatoms. The summed E-state index contributed by atoms with van der Waals surface area (Å²) in [5.41, 5.74) is 3.75. The van der Waals surface area contributed by atoms with E-state index in [9.17, 15) is 0 Å². The second-order valence-electron chi connectivity index (χ2n) is 7.32. The van der Waals surface area contributed by atoms with Crippen molar-refractivity contribution in [3.05, 3.63) is 35.5 Å². The second kappa shape index (κ2) is 7.52. The van der Waals surface area contributed by atoms with Crippen LogP contribution in [0.15, 0.2) is 18.6 Å². The Morgan fingerprint density at radius 1 is 1.20 bits per heavy atom. The number of fused-ring (bicyclic) bond motifs is 1. The predicted molar refractivity (Wildman–Crippen MR) is 95.1 cm³/mol. The maximum absolute atomic E-state index is 5.79. The standard InChI is InChI=1S/C19H27N5O/c1-23-18-7-10-24(12-15-5-3-2-4-6-15)13-16(18)17(22-23)14-25-19-11-20-8-9-21-19/h8-9,11,15H,2-7,10,12-14H2,1H3. The molecule has 2 aromatic heterocycles. The van der Waals surface area contributed by atoms with Gasteiger partial charge in [0, 0.05) is 56.8 Å². The molecule has 0 N–H and O–H groups in total. The molecule has 2 aliphatic rings. The Morgan fingerprint density at radius 3 is 2.88 bits per heavy atom. The van der Waals surface area contributed by atoms with Gasteiger partial charge in [0.1, 0.15) is 12.3 Å². The van der Waals surface area contributed by atoms with E-state index in [1.165, 1.54) is 49.9 Å². The first-order valence-corrected chi connectivity index (χ1v) is 9.44. The molecule has 1 saturated carbocycles. The smallest absolute Gasteiger partial charge is 0.232 e. The Morgan fingerprint density at radius 2 is 2.08 bits per heavy atom. The third-order valence-corrected chi connectivity index (χ3v) is 5.54. The van der Waals surface area contributed by atoms with Gasteiger partial charge in [0.25, 0.3) is 0 Å². The summed E-state index contributed by atoms with van der Waals surface area (Å²) in [5.74, 6) is 1.43.